The molecule has 1 aromatic carbocycles. The third-order valence-corrected chi connectivity index (χ3v) is 4.97. The number of nitrogen functional groups attached to an aromatic ring is 2. The molecule has 4 N–H and O–H groups in total. The van der Waals surface area contributed by atoms with E-state index in [0.717, 1.165) is 62.4 Å². The van der Waals surface area contributed by atoms with Crippen LogP contribution < -0.4 is 11.5 Å². The maximum atomic E-state index is 6.41. The highest BCUT2D eigenvalue weighted by Gasteiger charge is 2.32. The summed E-state index contributed by atoms with van der Waals surface area (Å²) in [6, 6.07) is 0. The molecule has 5 heteroatoms. The summed E-state index contributed by atoms with van der Waals surface area (Å²) in [5.74, 6) is 0. The van der Waals surface area contributed by atoms with E-state index in [4.69, 9.17) is 25.7 Å². The van der Waals surface area contributed by atoms with E-state index < -0.39 is 0 Å². The highest BCUT2D eigenvalue weighted by Crippen LogP contribution is 2.37. The topological polar surface area (TPSA) is 89.6 Å². The number of hydrogen-bond donors (Lipinski definition) is 2. The van der Waals surface area contributed by atoms with Crippen LogP contribution in [-0.4, -0.2) is 38.1 Å². The van der Waals surface area contributed by atoms with Crippen LogP contribution in [0.2, 0.25) is 0 Å². The predicted molar refractivity (Wildman–Crippen MR) is 85.0 cm³/mol. The molecule has 0 saturated carbocycles. The molecule has 1 aromatic rings. The number of anilines is 2. The Kier molecular flexibility index (Phi) is 3.51. The molecule has 3 unspecified atom stereocenters. The predicted octanol–water partition coefficient (Wildman–Crippen LogP) is 1.37. The van der Waals surface area contributed by atoms with Crippen LogP contribution in [0.15, 0.2) is 0 Å². The van der Waals surface area contributed by atoms with Gasteiger partial charge in [-0.2, -0.15) is 0 Å². The largest absolute Gasteiger partial charge is 0.398 e. The molecule has 3 atom stereocenters. The Morgan fingerprint density at radius 2 is 1.32 bits per heavy atom. The minimum Gasteiger partial charge on any atom is -0.398 e. The van der Waals surface area contributed by atoms with Crippen molar-refractivity contribution in [2.75, 3.05) is 31.3 Å². The maximum Gasteiger partial charge on any atom is 0.0851 e. The highest BCUT2D eigenvalue weighted by atomic mass is 16.6. The van der Waals surface area contributed by atoms with Crippen molar-refractivity contribution < 1.29 is 14.2 Å². The summed E-state index contributed by atoms with van der Waals surface area (Å²) in [4.78, 5) is 0. The van der Waals surface area contributed by atoms with Gasteiger partial charge in [0.2, 0.25) is 0 Å². The lowest BCUT2D eigenvalue weighted by atomic mass is 9.86. The molecule has 0 spiro atoms. The van der Waals surface area contributed by atoms with Gasteiger partial charge in [0.1, 0.15) is 0 Å². The van der Waals surface area contributed by atoms with Crippen molar-refractivity contribution in [2.24, 2.45) is 0 Å². The maximum absolute atomic E-state index is 6.41. The lowest BCUT2D eigenvalue weighted by Crippen LogP contribution is -2.15. The summed E-state index contributed by atoms with van der Waals surface area (Å²) in [5, 5.41) is 0. The van der Waals surface area contributed by atoms with Gasteiger partial charge in [-0.3, -0.25) is 0 Å². The molecule has 3 heterocycles. The van der Waals surface area contributed by atoms with Crippen LogP contribution in [0, 0.1) is 6.92 Å². The van der Waals surface area contributed by atoms with Crippen LogP contribution in [0.25, 0.3) is 0 Å². The Morgan fingerprint density at radius 1 is 0.818 bits per heavy atom. The fraction of sp³-hybridized carbons (Fsp3) is 0.647. The van der Waals surface area contributed by atoms with Crippen LogP contribution in [0.1, 0.15) is 28.7 Å². The molecule has 4 rings (SSSR count). The Hall–Kier alpha value is -1.30. The van der Waals surface area contributed by atoms with E-state index in [1.54, 1.807) is 0 Å². The van der Waals surface area contributed by atoms with Gasteiger partial charge in [-0.25, -0.2) is 0 Å². The average molecular weight is 304 g/mol. The SMILES string of the molecule is Cc1c(N)c(CCC2CO2)c(CC2CO2)c(CC2CO2)c1N. The van der Waals surface area contributed by atoms with Crippen LogP contribution in [0.3, 0.4) is 0 Å². The van der Waals surface area contributed by atoms with Crippen molar-refractivity contribution in [1.29, 1.82) is 0 Å². The molecule has 0 aliphatic carbocycles. The number of rotatable bonds is 7. The third kappa shape index (κ3) is 2.93. The zero-order valence-corrected chi connectivity index (χ0v) is 13.1. The summed E-state index contributed by atoms with van der Waals surface area (Å²) in [6.07, 6.45) is 4.86. The van der Waals surface area contributed by atoms with E-state index in [2.05, 4.69) is 0 Å². The summed E-state index contributed by atoms with van der Waals surface area (Å²) in [5.41, 5.74) is 19.3. The van der Waals surface area contributed by atoms with Gasteiger partial charge in [-0.1, -0.05) is 0 Å². The third-order valence-electron chi connectivity index (χ3n) is 4.97. The zero-order valence-electron chi connectivity index (χ0n) is 13.1. The van der Waals surface area contributed by atoms with E-state index >= 15 is 0 Å². The van der Waals surface area contributed by atoms with E-state index in [-0.39, 0.29) is 0 Å². The first-order chi connectivity index (χ1) is 10.6. The van der Waals surface area contributed by atoms with Gasteiger partial charge in [0.25, 0.3) is 0 Å². The van der Waals surface area contributed by atoms with Crippen LogP contribution in [0.4, 0.5) is 11.4 Å². The summed E-state index contributed by atoms with van der Waals surface area (Å²) in [7, 11) is 0. The van der Waals surface area contributed by atoms with Gasteiger partial charge in [-0.05, 0) is 42.0 Å². The van der Waals surface area contributed by atoms with Crippen molar-refractivity contribution in [2.45, 2.75) is 50.9 Å². The summed E-state index contributed by atoms with van der Waals surface area (Å²) >= 11 is 0. The minimum atomic E-state index is 0.323. The lowest BCUT2D eigenvalue weighted by molar-refractivity contribution is 0.394. The van der Waals surface area contributed by atoms with Crippen molar-refractivity contribution in [1.82, 2.24) is 0 Å². The van der Waals surface area contributed by atoms with E-state index in [1.807, 2.05) is 6.92 Å². The molecule has 22 heavy (non-hydrogen) atoms. The Morgan fingerprint density at radius 3 is 1.86 bits per heavy atom. The monoisotopic (exact) mass is 304 g/mol. The first kappa shape index (κ1) is 14.3. The van der Waals surface area contributed by atoms with Gasteiger partial charge in [0.15, 0.2) is 0 Å². The van der Waals surface area contributed by atoms with Gasteiger partial charge < -0.3 is 25.7 Å². The minimum absolute atomic E-state index is 0.323. The molecular formula is C17H24N2O3. The molecule has 0 radical (unpaired) electrons. The normalized spacial score (nSPS) is 28.7. The second-order valence-electron chi connectivity index (χ2n) is 6.70. The average Bonchev–Trinajstić information content (AvgIpc) is 3.36. The van der Waals surface area contributed by atoms with E-state index in [9.17, 15) is 0 Å². The Bertz CT molecular complexity index is 590. The molecule has 120 valence electrons. The fourth-order valence-corrected chi connectivity index (χ4v) is 3.24. The van der Waals surface area contributed by atoms with Crippen molar-refractivity contribution in [3.8, 4) is 0 Å². The molecular weight excluding hydrogens is 280 g/mol. The zero-order chi connectivity index (χ0) is 15.3. The van der Waals surface area contributed by atoms with Gasteiger partial charge in [-0.15, -0.1) is 0 Å². The fourth-order valence-electron chi connectivity index (χ4n) is 3.24. The molecule has 3 aliphatic heterocycles. The van der Waals surface area contributed by atoms with Gasteiger partial charge >= 0.3 is 0 Å². The lowest BCUT2D eigenvalue weighted by Gasteiger charge is -2.21. The molecule has 3 saturated heterocycles. The molecule has 3 aliphatic rings. The van der Waals surface area contributed by atoms with Crippen molar-refractivity contribution >= 4 is 11.4 Å². The molecule has 0 bridgehead atoms. The van der Waals surface area contributed by atoms with Crippen molar-refractivity contribution in [3.63, 3.8) is 0 Å². The van der Waals surface area contributed by atoms with Crippen LogP contribution >= 0.6 is 0 Å². The second-order valence-corrected chi connectivity index (χ2v) is 6.70. The van der Waals surface area contributed by atoms with Gasteiger partial charge in [0.05, 0.1) is 38.1 Å². The molecule has 0 amide bonds. The Balaban J connectivity index is 1.71. The van der Waals surface area contributed by atoms with Crippen molar-refractivity contribution in [3.05, 3.63) is 22.3 Å². The standard InChI is InChI=1S/C17H24N2O3/c1-9-16(18)13(3-2-10-6-20-10)14(4-11-7-21-11)15(17(9)19)5-12-8-22-12/h10-12H,2-8,18-19H2,1H3. The first-order valence-electron chi connectivity index (χ1n) is 8.16. The summed E-state index contributed by atoms with van der Waals surface area (Å²) < 4.78 is 16.2. The second kappa shape index (κ2) is 5.41. The smallest absolute Gasteiger partial charge is 0.0851 e. The molecule has 3 fully saturated rings. The number of hydrogen-bond acceptors (Lipinski definition) is 5. The van der Waals surface area contributed by atoms with E-state index in [0.29, 0.717) is 18.3 Å². The number of benzene rings is 1. The first-order valence-corrected chi connectivity index (χ1v) is 8.16. The quantitative estimate of drug-likeness (QED) is 0.586. The number of epoxide rings is 3. The van der Waals surface area contributed by atoms with Crippen LogP contribution in [-0.2, 0) is 33.5 Å². The highest BCUT2D eigenvalue weighted by molar-refractivity contribution is 5.72. The summed E-state index contributed by atoms with van der Waals surface area (Å²) in [6.45, 7) is 4.60. The number of nitrogens with two attached hydrogens (primary N) is 2. The van der Waals surface area contributed by atoms with Crippen LogP contribution in [0.5, 0.6) is 0 Å². The molecule has 5 nitrogen and oxygen atoms in total. The Labute approximate surface area is 130 Å². The number of ether oxygens (including phenoxy) is 3. The molecule has 0 aromatic heterocycles. The van der Waals surface area contributed by atoms with Gasteiger partial charge in [0, 0.05) is 24.2 Å². The van der Waals surface area contributed by atoms with E-state index in [1.165, 1.54) is 16.7 Å².